The van der Waals surface area contributed by atoms with Crippen LogP contribution >= 0.6 is 0 Å². The van der Waals surface area contributed by atoms with Crippen molar-refractivity contribution in [3.63, 3.8) is 0 Å². The molecule has 0 saturated carbocycles. The number of nitrogens with two attached hydrogens (primary N) is 1. The van der Waals surface area contributed by atoms with Crippen LogP contribution in [-0.2, 0) is 0 Å². The number of carboxylic acids is 1. The van der Waals surface area contributed by atoms with E-state index < -0.39 is 5.97 Å². The fourth-order valence-electron chi connectivity index (χ4n) is 1.79. The van der Waals surface area contributed by atoms with Crippen molar-refractivity contribution in [1.29, 1.82) is 0 Å². The van der Waals surface area contributed by atoms with Crippen molar-refractivity contribution < 1.29 is 9.90 Å². The van der Waals surface area contributed by atoms with Gasteiger partial charge >= 0.3 is 5.97 Å². The Kier molecular flexibility index (Phi) is 2.59. The van der Waals surface area contributed by atoms with Crippen LogP contribution in [0.2, 0.25) is 0 Å². The fraction of sp³-hybridized carbons (Fsp3) is 0.167. The Hall–Kier alpha value is -2.30. The minimum Gasteiger partial charge on any atom is -0.477 e. The van der Waals surface area contributed by atoms with Gasteiger partial charge in [0.2, 0.25) is 0 Å². The van der Waals surface area contributed by atoms with Gasteiger partial charge in [0.1, 0.15) is 0 Å². The number of benzene rings is 1. The lowest BCUT2D eigenvalue weighted by atomic mass is 9.98. The Balaban J connectivity index is 2.71. The Morgan fingerprint density at radius 2 is 2.12 bits per heavy atom. The maximum atomic E-state index is 11.1. The second-order valence-corrected chi connectivity index (χ2v) is 3.98. The first-order chi connectivity index (χ1) is 8.00. The van der Waals surface area contributed by atoms with Gasteiger partial charge in [0, 0.05) is 0 Å². The molecule has 2 rings (SSSR count). The van der Waals surface area contributed by atoms with Crippen LogP contribution in [0.15, 0.2) is 18.2 Å². The van der Waals surface area contributed by atoms with Gasteiger partial charge in [-0.15, -0.1) is 0 Å². The highest BCUT2D eigenvalue weighted by Gasteiger charge is 2.19. The molecule has 1 aromatic heterocycles. The highest BCUT2D eigenvalue weighted by atomic mass is 16.4. The number of nitrogens with zero attached hydrogens (tertiary/aromatic N) is 1. The van der Waals surface area contributed by atoms with E-state index in [1.807, 2.05) is 32.0 Å². The smallest absolute Gasteiger partial charge is 0.354 e. The molecule has 4 N–H and O–H groups in total. The number of aromatic amines is 1. The summed E-state index contributed by atoms with van der Waals surface area (Å²) in [4.78, 5) is 11.1. The molecule has 0 spiro atoms. The number of hydrogen-bond donors (Lipinski definition) is 3. The Morgan fingerprint density at radius 1 is 1.41 bits per heavy atom. The van der Waals surface area contributed by atoms with Gasteiger partial charge in [-0.1, -0.05) is 23.8 Å². The lowest BCUT2D eigenvalue weighted by Crippen LogP contribution is -2.00. The summed E-state index contributed by atoms with van der Waals surface area (Å²) >= 11 is 0. The minimum atomic E-state index is -1.06. The number of aromatic nitrogens is 2. The van der Waals surface area contributed by atoms with Crippen LogP contribution in [0, 0.1) is 13.8 Å². The molecule has 5 nitrogen and oxygen atoms in total. The zero-order valence-corrected chi connectivity index (χ0v) is 9.61. The first kappa shape index (κ1) is 11.2. The standard InChI is InChI=1S/C12H13N3O2/c1-6-3-4-7(2)8(5-6)9-10(12(16)17)14-15-11(9)13/h3-5H,1-2H3,(H,16,17)(H3,13,14,15). The lowest BCUT2D eigenvalue weighted by Gasteiger charge is -2.07. The molecule has 0 saturated heterocycles. The van der Waals surface area contributed by atoms with E-state index in [9.17, 15) is 4.79 Å². The van der Waals surface area contributed by atoms with E-state index >= 15 is 0 Å². The van der Waals surface area contributed by atoms with Gasteiger partial charge in [-0.2, -0.15) is 5.10 Å². The highest BCUT2D eigenvalue weighted by molar-refractivity contribution is 5.97. The summed E-state index contributed by atoms with van der Waals surface area (Å²) in [6.45, 7) is 3.85. The van der Waals surface area contributed by atoms with Crippen LogP contribution in [0.3, 0.4) is 0 Å². The molecule has 5 heteroatoms. The molecule has 88 valence electrons. The predicted octanol–water partition coefficient (Wildman–Crippen LogP) is 1.97. The van der Waals surface area contributed by atoms with Crippen molar-refractivity contribution in [2.45, 2.75) is 13.8 Å². The first-order valence-corrected chi connectivity index (χ1v) is 5.15. The van der Waals surface area contributed by atoms with Crippen molar-refractivity contribution in [2.75, 3.05) is 5.73 Å². The number of H-pyrrole nitrogens is 1. The molecule has 0 aliphatic carbocycles. The van der Waals surface area contributed by atoms with E-state index in [4.69, 9.17) is 10.8 Å². The number of rotatable bonds is 2. The number of aryl methyl sites for hydroxylation is 2. The zero-order valence-electron chi connectivity index (χ0n) is 9.61. The molecule has 1 aromatic carbocycles. The maximum absolute atomic E-state index is 11.1. The summed E-state index contributed by atoms with van der Waals surface area (Å²) in [5.74, 6) is -0.860. The van der Waals surface area contributed by atoms with Crippen molar-refractivity contribution in [3.05, 3.63) is 35.0 Å². The fourth-order valence-corrected chi connectivity index (χ4v) is 1.79. The molecule has 0 unspecified atom stereocenters. The molecule has 0 atom stereocenters. The number of carboxylic acid groups (broad SMARTS) is 1. The molecular weight excluding hydrogens is 218 g/mol. The van der Waals surface area contributed by atoms with Crippen molar-refractivity contribution in [1.82, 2.24) is 10.2 Å². The van der Waals surface area contributed by atoms with E-state index in [0.717, 1.165) is 16.7 Å². The van der Waals surface area contributed by atoms with Gasteiger partial charge in [-0.25, -0.2) is 4.79 Å². The van der Waals surface area contributed by atoms with Crippen LogP contribution in [0.4, 0.5) is 5.82 Å². The van der Waals surface area contributed by atoms with Crippen LogP contribution in [0.1, 0.15) is 21.6 Å². The summed E-state index contributed by atoms with van der Waals surface area (Å²) in [7, 11) is 0. The molecule has 0 aliphatic heterocycles. The number of aromatic carboxylic acids is 1. The minimum absolute atomic E-state index is 0.0243. The number of anilines is 1. The summed E-state index contributed by atoms with van der Waals surface area (Å²) in [6.07, 6.45) is 0. The molecule has 17 heavy (non-hydrogen) atoms. The molecule has 2 aromatic rings. The van der Waals surface area contributed by atoms with Gasteiger partial charge in [-0.05, 0) is 25.0 Å². The molecule has 0 fully saturated rings. The van der Waals surface area contributed by atoms with Crippen molar-refractivity contribution in [3.8, 4) is 11.1 Å². The third kappa shape index (κ3) is 1.87. The maximum Gasteiger partial charge on any atom is 0.354 e. The van der Waals surface area contributed by atoms with Crippen molar-refractivity contribution in [2.24, 2.45) is 0 Å². The number of nitrogens with one attached hydrogen (secondary N) is 1. The quantitative estimate of drug-likeness (QED) is 0.736. The number of nitrogen functional groups attached to an aromatic ring is 1. The lowest BCUT2D eigenvalue weighted by molar-refractivity contribution is 0.0691. The monoisotopic (exact) mass is 231 g/mol. The molecule has 0 aliphatic rings. The first-order valence-electron chi connectivity index (χ1n) is 5.15. The third-order valence-electron chi connectivity index (χ3n) is 2.67. The van der Waals surface area contributed by atoms with E-state index in [2.05, 4.69) is 10.2 Å². The average molecular weight is 231 g/mol. The summed E-state index contributed by atoms with van der Waals surface area (Å²) in [6, 6.07) is 5.81. The average Bonchev–Trinajstić information content (AvgIpc) is 2.64. The number of hydrogen-bond acceptors (Lipinski definition) is 3. The molecule has 0 bridgehead atoms. The van der Waals surface area contributed by atoms with Crippen LogP contribution in [0.25, 0.3) is 11.1 Å². The predicted molar refractivity (Wildman–Crippen MR) is 64.9 cm³/mol. The second kappa shape index (κ2) is 3.93. The second-order valence-electron chi connectivity index (χ2n) is 3.98. The molecule has 1 heterocycles. The van der Waals surface area contributed by atoms with E-state index in [1.54, 1.807) is 0 Å². The van der Waals surface area contributed by atoms with Crippen molar-refractivity contribution >= 4 is 11.8 Å². The topological polar surface area (TPSA) is 92.0 Å². The summed E-state index contributed by atoms with van der Waals surface area (Å²) in [5, 5.41) is 15.3. The third-order valence-corrected chi connectivity index (χ3v) is 2.67. The van der Waals surface area contributed by atoms with E-state index in [0.29, 0.717) is 5.56 Å². The molecular formula is C12H13N3O2. The zero-order chi connectivity index (χ0) is 12.6. The Bertz CT molecular complexity index is 587. The molecule has 0 radical (unpaired) electrons. The van der Waals surface area contributed by atoms with Crippen LogP contribution < -0.4 is 5.73 Å². The van der Waals surface area contributed by atoms with Crippen LogP contribution in [-0.4, -0.2) is 21.3 Å². The van der Waals surface area contributed by atoms with Gasteiger partial charge in [-0.3, -0.25) is 5.10 Å². The van der Waals surface area contributed by atoms with Crippen LogP contribution in [0.5, 0.6) is 0 Å². The molecule has 0 amide bonds. The SMILES string of the molecule is Cc1ccc(C)c(-c2c(N)n[nH]c2C(=O)O)c1. The normalized spacial score (nSPS) is 10.5. The highest BCUT2D eigenvalue weighted by Crippen LogP contribution is 2.31. The van der Waals surface area contributed by atoms with E-state index in [1.165, 1.54) is 0 Å². The Morgan fingerprint density at radius 3 is 2.76 bits per heavy atom. The number of carbonyl (C=O) groups is 1. The largest absolute Gasteiger partial charge is 0.477 e. The van der Waals surface area contributed by atoms with E-state index in [-0.39, 0.29) is 11.5 Å². The Labute approximate surface area is 98.3 Å². The van der Waals surface area contributed by atoms with Gasteiger partial charge in [0.05, 0.1) is 5.56 Å². The summed E-state index contributed by atoms with van der Waals surface area (Å²) in [5.41, 5.74) is 9.01. The van der Waals surface area contributed by atoms with Gasteiger partial charge < -0.3 is 10.8 Å². The summed E-state index contributed by atoms with van der Waals surface area (Å²) < 4.78 is 0. The van der Waals surface area contributed by atoms with Gasteiger partial charge in [0.25, 0.3) is 0 Å². The van der Waals surface area contributed by atoms with Gasteiger partial charge in [0.15, 0.2) is 11.5 Å².